The van der Waals surface area contributed by atoms with Gasteiger partial charge in [-0.3, -0.25) is 9.59 Å². The second-order valence-electron chi connectivity index (χ2n) is 15.4. The molecule has 0 aliphatic carbocycles. The third-order valence-corrected chi connectivity index (χ3v) is 11.1. The van der Waals surface area contributed by atoms with Crippen LogP contribution < -0.4 is 15.4 Å². The fraction of sp³-hybridized carbons (Fsp3) is 0.463. The zero-order valence-electron chi connectivity index (χ0n) is 33.0. The number of benzene rings is 2. The van der Waals surface area contributed by atoms with Gasteiger partial charge in [-0.2, -0.15) is 0 Å². The number of carbonyl (C=O) groups is 4. The monoisotopic (exact) mass is 784 g/mol. The van der Waals surface area contributed by atoms with Crippen LogP contribution in [-0.4, -0.2) is 93.1 Å². The van der Waals surface area contributed by atoms with E-state index in [2.05, 4.69) is 30.6 Å². The predicted molar refractivity (Wildman–Crippen MR) is 207 cm³/mol. The van der Waals surface area contributed by atoms with E-state index >= 15 is 4.39 Å². The Balaban J connectivity index is 1.08. The number of likely N-dealkylation sites (tertiary alicyclic amines) is 2. The molecule has 2 saturated heterocycles. The summed E-state index contributed by atoms with van der Waals surface area (Å²) in [5, 5.41) is 5.33. The molecule has 2 aromatic heterocycles. The summed E-state index contributed by atoms with van der Waals surface area (Å²) in [4.78, 5) is 70.5. The molecule has 4 amide bonds. The van der Waals surface area contributed by atoms with Crippen LogP contribution in [0.25, 0.3) is 33.6 Å². The Morgan fingerprint density at radius 2 is 1.32 bits per heavy atom. The molecule has 5 heterocycles. The molecule has 7 rings (SSSR count). The lowest BCUT2D eigenvalue weighted by atomic mass is 9.93. The molecule has 2 fully saturated rings. The van der Waals surface area contributed by atoms with Gasteiger partial charge in [-0.15, -0.1) is 0 Å². The van der Waals surface area contributed by atoms with Gasteiger partial charge in [0.15, 0.2) is 0 Å². The number of hydrogen-bond donors (Lipinski definition) is 4. The van der Waals surface area contributed by atoms with Gasteiger partial charge in [0.2, 0.25) is 11.8 Å². The number of rotatable bonds is 10. The summed E-state index contributed by atoms with van der Waals surface area (Å²) in [7, 11) is 2.53. The van der Waals surface area contributed by atoms with Crippen molar-refractivity contribution in [1.82, 2.24) is 40.4 Å². The van der Waals surface area contributed by atoms with E-state index in [1.165, 1.54) is 20.3 Å². The van der Waals surface area contributed by atoms with Crippen LogP contribution in [0.3, 0.4) is 0 Å². The highest BCUT2D eigenvalue weighted by molar-refractivity contribution is 5.87. The summed E-state index contributed by atoms with van der Waals surface area (Å²) in [5.41, 5.74) is 4.74. The van der Waals surface area contributed by atoms with Gasteiger partial charge in [-0.05, 0) is 72.4 Å². The van der Waals surface area contributed by atoms with E-state index in [1.54, 1.807) is 28.3 Å². The number of aromatic amines is 2. The van der Waals surface area contributed by atoms with Gasteiger partial charge < -0.3 is 44.6 Å². The summed E-state index contributed by atoms with van der Waals surface area (Å²) in [6.45, 7) is 8.80. The maximum Gasteiger partial charge on any atom is 0.407 e. The van der Waals surface area contributed by atoms with Crippen LogP contribution in [0.5, 0.6) is 5.75 Å². The number of halogens is 1. The van der Waals surface area contributed by atoms with Crippen molar-refractivity contribution in [2.45, 2.75) is 84.2 Å². The summed E-state index contributed by atoms with van der Waals surface area (Å²) < 4.78 is 31.7. The first-order valence-corrected chi connectivity index (χ1v) is 19.4. The Labute approximate surface area is 330 Å². The number of amides is 4. The van der Waals surface area contributed by atoms with Crippen molar-refractivity contribution in [2.75, 3.05) is 27.3 Å². The van der Waals surface area contributed by atoms with Crippen molar-refractivity contribution in [3.63, 3.8) is 0 Å². The van der Waals surface area contributed by atoms with E-state index < -0.39 is 30.1 Å². The molecular weight excluding hydrogens is 735 g/mol. The Hall–Kier alpha value is -5.93. The topological polar surface area (TPSA) is 184 Å². The van der Waals surface area contributed by atoms with Gasteiger partial charge in [0.25, 0.3) is 0 Å². The van der Waals surface area contributed by atoms with Gasteiger partial charge in [-0.1, -0.05) is 39.8 Å². The molecule has 0 spiro atoms. The number of alkyl carbamates (subject to hydrolysis) is 2. The molecule has 4 aromatic rings. The van der Waals surface area contributed by atoms with Crippen molar-refractivity contribution in [1.29, 1.82) is 0 Å². The maximum atomic E-state index is 16.0. The number of ether oxygens (including phenoxy) is 3. The number of carbonyl (C=O) groups excluding carboxylic acids is 4. The summed E-state index contributed by atoms with van der Waals surface area (Å²) in [5.74, 6) is 0.568. The number of aromatic nitrogens is 4. The van der Waals surface area contributed by atoms with E-state index in [1.807, 2.05) is 45.9 Å². The lowest BCUT2D eigenvalue weighted by Crippen LogP contribution is -2.51. The van der Waals surface area contributed by atoms with E-state index in [-0.39, 0.29) is 42.3 Å². The third kappa shape index (κ3) is 7.76. The number of nitrogens with one attached hydrogen (secondary N) is 4. The van der Waals surface area contributed by atoms with Crippen LogP contribution in [0, 0.1) is 17.7 Å². The molecule has 4 atom stereocenters. The van der Waals surface area contributed by atoms with Crippen LogP contribution >= 0.6 is 0 Å². The average Bonchev–Trinajstić information content (AvgIpc) is 4.04. The summed E-state index contributed by atoms with van der Waals surface area (Å²) in [6, 6.07) is 6.92. The van der Waals surface area contributed by atoms with Crippen LogP contribution in [0.4, 0.5) is 14.0 Å². The minimum atomic E-state index is -0.763. The van der Waals surface area contributed by atoms with E-state index in [4.69, 9.17) is 14.2 Å². The Morgan fingerprint density at radius 3 is 1.86 bits per heavy atom. The zero-order valence-corrected chi connectivity index (χ0v) is 33.0. The first-order chi connectivity index (χ1) is 27.4. The van der Waals surface area contributed by atoms with Crippen molar-refractivity contribution in [3.05, 3.63) is 65.8 Å². The highest BCUT2D eigenvalue weighted by atomic mass is 19.1. The molecule has 0 radical (unpaired) electrons. The molecule has 2 aromatic carbocycles. The van der Waals surface area contributed by atoms with Gasteiger partial charge in [-0.25, -0.2) is 23.9 Å². The van der Waals surface area contributed by atoms with Crippen molar-refractivity contribution < 1.29 is 37.8 Å². The number of nitrogens with zero attached hydrogens (tertiary/aromatic N) is 4. The fourth-order valence-electron chi connectivity index (χ4n) is 8.07. The molecule has 57 heavy (non-hydrogen) atoms. The minimum absolute atomic E-state index is 0.138. The van der Waals surface area contributed by atoms with Crippen LogP contribution in [0.2, 0.25) is 0 Å². The fourth-order valence-corrected chi connectivity index (χ4v) is 8.07. The van der Waals surface area contributed by atoms with E-state index in [0.717, 1.165) is 41.6 Å². The lowest BCUT2D eigenvalue weighted by molar-refractivity contribution is -0.136. The molecular formula is C41H49FN8O7. The van der Waals surface area contributed by atoms with Crippen LogP contribution in [0.1, 0.15) is 82.7 Å². The number of hydrogen-bond acceptors (Lipinski definition) is 9. The molecule has 0 saturated carbocycles. The second kappa shape index (κ2) is 16.3. The highest BCUT2D eigenvalue weighted by Gasteiger charge is 2.39. The number of H-pyrrole nitrogens is 2. The van der Waals surface area contributed by atoms with Gasteiger partial charge >= 0.3 is 12.2 Å². The third-order valence-electron chi connectivity index (χ3n) is 11.1. The number of fused-ring (bicyclic) bond motifs is 3. The first kappa shape index (κ1) is 39.3. The molecule has 15 nitrogen and oxygen atoms in total. The van der Waals surface area contributed by atoms with E-state index in [0.29, 0.717) is 53.7 Å². The summed E-state index contributed by atoms with van der Waals surface area (Å²) >= 11 is 0. The lowest BCUT2D eigenvalue weighted by Gasteiger charge is -2.30. The van der Waals surface area contributed by atoms with Gasteiger partial charge in [0.05, 0.1) is 50.1 Å². The van der Waals surface area contributed by atoms with E-state index in [9.17, 15) is 19.2 Å². The van der Waals surface area contributed by atoms with Crippen molar-refractivity contribution in [3.8, 4) is 39.4 Å². The molecule has 302 valence electrons. The average molecular weight is 785 g/mol. The first-order valence-electron chi connectivity index (χ1n) is 19.4. The van der Waals surface area contributed by atoms with Crippen molar-refractivity contribution >= 4 is 24.0 Å². The minimum Gasteiger partial charge on any atom is -0.488 e. The largest absolute Gasteiger partial charge is 0.488 e. The normalized spacial score (nSPS) is 18.5. The molecule has 0 bridgehead atoms. The van der Waals surface area contributed by atoms with Crippen LogP contribution in [-0.2, 0) is 25.7 Å². The Kier molecular flexibility index (Phi) is 11.2. The molecule has 1 unspecified atom stereocenters. The van der Waals surface area contributed by atoms with Gasteiger partial charge in [0.1, 0.15) is 41.9 Å². The molecule has 3 aliphatic rings. The number of imidazole rings is 2. The second-order valence-corrected chi connectivity index (χ2v) is 15.4. The Bertz CT molecular complexity index is 2170. The quantitative estimate of drug-likeness (QED) is 0.144. The highest BCUT2D eigenvalue weighted by Crippen LogP contribution is 2.43. The smallest absolute Gasteiger partial charge is 0.407 e. The zero-order chi connectivity index (χ0) is 40.5. The van der Waals surface area contributed by atoms with Crippen LogP contribution in [0.15, 0.2) is 42.7 Å². The van der Waals surface area contributed by atoms with Crippen molar-refractivity contribution in [2.24, 2.45) is 11.8 Å². The maximum absolute atomic E-state index is 16.0. The number of methoxy groups -OCH3 is 2. The molecule has 3 aliphatic heterocycles. The SMILES string of the molecule is COC(=O)NC(C(=O)N1CCC[C@H]1c1ncc(-c2cc3c(cc2F)-c2ccc(-c4cnc([C@@H]5CCCN5C(=O)[C@@H](NC(=O)OC)C(C)C)[nH]4)cc2CO3)[nH]1)C(C)C. The standard InChI is InChI=1S/C41H49FN8O7/c1-21(2)34(47-40(53)55-5)38(51)49-13-7-9-31(49)36-43-18-29(45-36)23-11-12-25-24(15-23)20-57-33-17-27(28(42)16-26(25)33)30-19-44-37(46-30)32-10-8-14-50(32)39(52)35(22(3)4)48-41(54)56-6/h11-12,15-19,21-22,31-32,34-35H,7-10,13-14,20H2,1-6H3,(H,43,45)(H,44,46)(H,47,53)(H,48,54)/t31-,32-,34-,35?/m0/s1. The summed E-state index contributed by atoms with van der Waals surface area (Å²) in [6.07, 6.45) is 4.96. The molecule has 16 heteroatoms. The Morgan fingerprint density at radius 1 is 0.772 bits per heavy atom. The molecule has 4 N–H and O–H groups in total. The van der Waals surface area contributed by atoms with Gasteiger partial charge in [0, 0.05) is 24.2 Å². The predicted octanol–water partition coefficient (Wildman–Crippen LogP) is 6.25.